The van der Waals surface area contributed by atoms with Crippen molar-refractivity contribution in [3.8, 4) is 0 Å². The number of aromatic amines is 1. The molecule has 3 aromatic rings. The fraction of sp³-hybridized carbons (Fsp3) is 0.400. The molecule has 30 heavy (non-hydrogen) atoms. The van der Waals surface area contributed by atoms with E-state index in [1.54, 1.807) is 6.20 Å². The fourth-order valence-corrected chi connectivity index (χ4v) is 5.53. The van der Waals surface area contributed by atoms with Gasteiger partial charge in [0.15, 0.2) is 11.6 Å². The van der Waals surface area contributed by atoms with Crippen molar-refractivity contribution >= 4 is 55.3 Å². The van der Waals surface area contributed by atoms with Crippen LogP contribution in [0.25, 0.3) is 21.9 Å². The summed E-state index contributed by atoms with van der Waals surface area (Å²) >= 11 is 3.57. The molecule has 2 aromatic heterocycles. The number of amides is 1. The van der Waals surface area contributed by atoms with E-state index >= 15 is 4.39 Å². The van der Waals surface area contributed by atoms with Crippen molar-refractivity contribution in [3.63, 3.8) is 0 Å². The molecule has 0 saturated carbocycles. The van der Waals surface area contributed by atoms with E-state index in [1.807, 2.05) is 0 Å². The molecule has 2 fully saturated rings. The zero-order chi connectivity index (χ0) is 21.3. The number of halogens is 3. The first-order valence-electron chi connectivity index (χ1n) is 9.67. The first-order chi connectivity index (χ1) is 14.3. The lowest BCUT2D eigenvalue weighted by Gasteiger charge is -2.28. The molecule has 2 saturated heterocycles. The van der Waals surface area contributed by atoms with Crippen molar-refractivity contribution in [1.29, 1.82) is 0 Å². The van der Waals surface area contributed by atoms with Crippen LogP contribution in [0.2, 0.25) is 0 Å². The van der Waals surface area contributed by atoms with Crippen molar-refractivity contribution in [2.24, 2.45) is 5.92 Å². The quantitative estimate of drug-likeness (QED) is 0.580. The van der Waals surface area contributed by atoms with Crippen LogP contribution in [-0.4, -0.2) is 65.8 Å². The molecule has 4 heterocycles. The van der Waals surface area contributed by atoms with Crippen molar-refractivity contribution in [1.82, 2.24) is 14.9 Å². The molecule has 0 unspecified atom stereocenters. The number of hydrogen-bond acceptors (Lipinski definition) is 4. The SMILES string of the molecule is CN1C[C@H]2CCN(c3c(Br)cnc4[nH]c5c(N(C)C(=O)O)cc(F)c(F)c5c34)[C@H]2C1. The summed E-state index contributed by atoms with van der Waals surface area (Å²) in [5.41, 5.74) is 1.40. The van der Waals surface area contributed by atoms with Crippen molar-refractivity contribution < 1.29 is 18.7 Å². The van der Waals surface area contributed by atoms with E-state index in [2.05, 4.69) is 42.7 Å². The summed E-state index contributed by atoms with van der Waals surface area (Å²) in [6.07, 6.45) is 1.40. The topological polar surface area (TPSA) is 75.7 Å². The van der Waals surface area contributed by atoms with E-state index in [1.165, 1.54) is 7.05 Å². The van der Waals surface area contributed by atoms with Gasteiger partial charge in [-0.15, -0.1) is 0 Å². The van der Waals surface area contributed by atoms with Gasteiger partial charge in [0.25, 0.3) is 0 Å². The van der Waals surface area contributed by atoms with Gasteiger partial charge in [-0.05, 0) is 35.3 Å². The Morgan fingerprint density at radius 1 is 1.37 bits per heavy atom. The Balaban J connectivity index is 1.82. The molecule has 2 aliphatic rings. The second-order valence-electron chi connectivity index (χ2n) is 8.12. The van der Waals surface area contributed by atoms with Gasteiger partial charge in [-0.1, -0.05) is 0 Å². The number of hydrogen-bond donors (Lipinski definition) is 2. The Morgan fingerprint density at radius 3 is 2.87 bits per heavy atom. The highest BCUT2D eigenvalue weighted by molar-refractivity contribution is 9.10. The molecular formula is C20H20BrF2N5O2. The normalized spacial score (nSPS) is 21.7. The molecule has 5 rings (SSSR count). The van der Waals surface area contributed by atoms with Gasteiger partial charge in [0, 0.05) is 45.0 Å². The molecule has 158 valence electrons. The van der Waals surface area contributed by atoms with E-state index in [0.717, 1.165) is 42.7 Å². The number of carbonyl (C=O) groups is 1. The first-order valence-corrected chi connectivity index (χ1v) is 10.5. The number of fused-ring (bicyclic) bond motifs is 4. The summed E-state index contributed by atoms with van der Waals surface area (Å²) in [6.45, 7) is 2.72. The van der Waals surface area contributed by atoms with Crippen LogP contribution in [-0.2, 0) is 0 Å². The molecular weight excluding hydrogens is 460 g/mol. The average molecular weight is 480 g/mol. The van der Waals surface area contributed by atoms with E-state index in [-0.39, 0.29) is 22.6 Å². The van der Waals surface area contributed by atoms with Crippen LogP contribution in [0, 0.1) is 17.6 Å². The second kappa shape index (κ2) is 6.78. The largest absolute Gasteiger partial charge is 0.465 e. The molecule has 7 nitrogen and oxygen atoms in total. The Morgan fingerprint density at radius 2 is 2.13 bits per heavy atom. The van der Waals surface area contributed by atoms with Crippen LogP contribution in [0.3, 0.4) is 0 Å². The lowest BCUT2D eigenvalue weighted by atomic mass is 10.0. The number of pyridine rings is 1. The standard InChI is InChI=1S/C20H20BrF2N5O2/c1-26-7-9-3-4-28(13(9)8-26)18-10(21)6-24-19-15(18)14-16(23)11(22)5-12(17(14)25-19)27(2)20(29)30/h5-6,9,13H,3-4,7-8H2,1-2H3,(H,24,25)(H,29,30)/t9-,13+/m1/s1. The van der Waals surface area contributed by atoms with Crippen molar-refractivity contribution in [2.45, 2.75) is 12.5 Å². The molecule has 1 amide bonds. The lowest BCUT2D eigenvalue weighted by molar-refractivity contribution is 0.203. The molecule has 0 aliphatic carbocycles. The van der Waals surface area contributed by atoms with Crippen LogP contribution < -0.4 is 9.80 Å². The van der Waals surface area contributed by atoms with Crippen molar-refractivity contribution in [2.75, 3.05) is 43.5 Å². The maximum absolute atomic E-state index is 15.1. The number of rotatable bonds is 2. The third-order valence-corrected chi connectivity index (χ3v) is 6.94. The Hall–Kier alpha value is -2.46. The van der Waals surface area contributed by atoms with Gasteiger partial charge in [0.2, 0.25) is 0 Å². The number of nitrogens with zero attached hydrogens (tertiary/aromatic N) is 4. The van der Waals surface area contributed by atoms with Crippen LogP contribution in [0.15, 0.2) is 16.7 Å². The van der Waals surface area contributed by atoms with E-state index in [9.17, 15) is 14.3 Å². The number of carboxylic acid groups (broad SMARTS) is 1. The minimum absolute atomic E-state index is 0.0201. The first kappa shape index (κ1) is 19.5. The summed E-state index contributed by atoms with van der Waals surface area (Å²) in [5, 5.41) is 9.87. The Bertz CT molecular complexity index is 1200. The highest BCUT2D eigenvalue weighted by Crippen LogP contribution is 2.45. The maximum atomic E-state index is 15.1. The van der Waals surface area contributed by atoms with Crippen LogP contribution in [0.1, 0.15) is 6.42 Å². The van der Waals surface area contributed by atoms with Gasteiger partial charge in [0.1, 0.15) is 5.65 Å². The molecule has 2 N–H and O–H groups in total. The van der Waals surface area contributed by atoms with Gasteiger partial charge in [-0.3, -0.25) is 4.90 Å². The minimum Gasteiger partial charge on any atom is -0.465 e. The molecule has 1 aromatic carbocycles. The van der Waals surface area contributed by atoms with E-state index < -0.39 is 17.7 Å². The average Bonchev–Trinajstić information content (AvgIpc) is 3.36. The number of nitrogens with one attached hydrogen (secondary N) is 1. The van der Waals surface area contributed by atoms with E-state index in [4.69, 9.17) is 0 Å². The Kier molecular flexibility index (Phi) is 4.41. The second-order valence-corrected chi connectivity index (χ2v) is 8.97. The number of H-pyrrole nitrogens is 1. The van der Waals surface area contributed by atoms with Gasteiger partial charge in [0.05, 0.1) is 32.1 Å². The third-order valence-electron chi connectivity index (χ3n) is 6.36. The number of likely N-dealkylation sites (tertiary alicyclic amines) is 1. The number of aromatic nitrogens is 2. The molecule has 0 bridgehead atoms. The molecule has 2 aliphatic heterocycles. The molecule has 2 atom stereocenters. The molecule has 0 radical (unpaired) electrons. The minimum atomic E-state index is -1.27. The zero-order valence-corrected chi connectivity index (χ0v) is 18.0. The number of benzene rings is 1. The fourth-order valence-electron chi connectivity index (χ4n) is 5.00. The summed E-state index contributed by atoms with van der Waals surface area (Å²) in [7, 11) is 3.38. The molecule has 0 spiro atoms. The van der Waals surface area contributed by atoms with Gasteiger partial charge in [-0.25, -0.2) is 18.6 Å². The van der Waals surface area contributed by atoms with Gasteiger partial charge in [-0.2, -0.15) is 0 Å². The summed E-state index contributed by atoms with van der Waals surface area (Å²) in [5.74, 6) is -1.60. The zero-order valence-electron chi connectivity index (χ0n) is 16.4. The molecule has 10 heteroatoms. The van der Waals surface area contributed by atoms with Gasteiger partial charge < -0.3 is 19.9 Å². The Labute approximate surface area is 179 Å². The summed E-state index contributed by atoms with van der Waals surface area (Å²) in [4.78, 5) is 24.3. The monoisotopic (exact) mass is 479 g/mol. The predicted molar refractivity (Wildman–Crippen MR) is 114 cm³/mol. The number of likely N-dealkylation sites (N-methyl/N-ethyl adjacent to an activating group) is 1. The van der Waals surface area contributed by atoms with Gasteiger partial charge >= 0.3 is 6.09 Å². The van der Waals surface area contributed by atoms with Crippen molar-refractivity contribution in [3.05, 3.63) is 28.4 Å². The van der Waals surface area contributed by atoms with E-state index in [0.29, 0.717) is 21.4 Å². The summed E-state index contributed by atoms with van der Waals surface area (Å²) < 4.78 is 30.4. The highest BCUT2D eigenvalue weighted by Gasteiger charge is 2.41. The highest BCUT2D eigenvalue weighted by atomic mass is 79.9. The lowest BCUT2D eigenvalue weighted by Crippen LogP contribution is -2.34. The summed E-state index contributed by atoms with van der Waals surface area (Å²) in [6, 6.07) is 1.17. The third kappa shape index (κ3) is 2.70. The number of anilines is 2. The van der Waals surface area contributed by atoms with Crippen LogP contribution >= 0.6 is 15.9 Å². The smallest absolute Gasteiger partial charge is 0.411 e. The maximum Gasteiger partial charge on any atom is 0.411 e. The predicted octanol–water partition coefficient (Wildman–Crippen LogP) is 4.01. The van der Waals surface area contributed by atoms with Crippen LogP contribution in [0.4, 0.5) is 25.0 Å². The van der Waals surface area contributed by atoms with Crippen LogP contribution in [0.5, 0.6) is 0 Å².